The molecule has 0 aromatic rings. The number of hydrogen-bond acceptors (Lipinski definition) is 3. The predicted octanol–water partition coefficient (Wildman–Crippen LogP) is 1.09. The lowest BCUT2D eigenvalue weighted by atomic mass is 9.79. The van der Waals surface area contributed by atoms with Crippen LogP contribution in [0.15, 0.2) is 0 Å². The van der Waals surface area contributed by atoms with Gasteiger partial charge in [0.2, 0.25) is 5.91 Å². The van der Waals surface area contributed by atoms with Crippen molar-refractivity contribution in [2.45, 2.75) is 39.0 Å². The summed E-state index contributed by atoms with van der Waals surface area (Å²) in [6.07, 6.45) is 3.80. The quantitative estimate of drug-likeness (QED) is 0.804. The van der Waals surface area contributed by atoms with Crippen LogP contribution in [0.4, 0.5) is 0 Å². The number of piperidine rings is 2. The molecule has 108 valence electrons. The van der Waals surface area contributed by atoms with Gasteiger partial charge in [-0.1, -0.05) is 6.92 Å². The first-order chi connectivity index (χ1) is 9.01. The summed E-state index contributed by atoms with van der Waals surface area (Å²) in [6, 6.07) is 0. The number of carboxylic acids is 1. The highest BCUT2D eigenvalue weighted by Crippen LogP contribution is 2.32. The number of likely N-dealkylation sites (tertiary alicyclic amines) is 1. The molecule has 2 aliphatic rings. The second kappa shape index (κ2) is 5.90. The third-order valence-electron chi connectivity index (χ3n) is 4.49. The number of amides is 1. The van der Waals surface area contributed by atoms with Crippen LogP contribution in [0.3, 0.4) is 0 Å². The molecule has 0 aliphatic carbocycles. The molecule has 2 N–H and O–H groups in total. The van der Waals surface area contributed by atoms with Gasteiger partial charge in [-0.2, -0.15) is 0 Å². The second-order valence-corrected chi connectivity index (χ2v) is 6.17. The Labute approximate surface area is 114 Å². The molecule has 5 heteroatoms. The Kier molecular flexibility index (Phi) is 4.45. The summed E-state index contributed by atoms with van der Waals surface area (Å²) in [5.41, 5.74) is -0.254. The summed E-state index contributed by atoms with van der Waals surface area (Å²) in [5.74, 6) is -0.406. The van der Waals surface area contributed by atoms with Gasteiger partial charge in [-0.3, -0.25) is 9.59 Å². The van der Waals surface area contributed by atoms with Crippen molar-refractivity contribution in [2.75, 3.05) is 26.2 Å². The van der Waals surface area contributed by atoms with Crippen LogP contribution in [-0.2, 0) is 9.59 Å². The zero-order valence-corrected chi connectivity index (χ0v) is 11.7. The molecule has 1 unspecified atom stereocenters. The minimum Gasteiger partial charge on any atom is -0.481 e. The number of hydrogen-bond donors (Lipinski definition) is 2. The van der Waals surface area contributed by atoms with E-state index in [0.29, 0.717) is 6.54 Å². The average Bonchev–Trinajstić information content (AvgIpc) is 2.38. The van der Waals surface area contributed by atoms with Gasteiger partial charge in [-0.25, -0.2) is 0 Å². The molecule has 5 nitrogen and oxygen atoms in total. The summed E-state index contributed by atoms with van der Waals surface area (Å²) in [4.78, 5) is 25.4. The molecule has 0 aromatic carbocycles. The van der Waals surface area contributed by atoms with Gasteiger partial charge in [0, 0.05) is 24.9 Å². The van der Waals surface area contributed by atoms with E-state index in [0.717, 1.165) is 45.3 Å². The number of carbonyl (C=O) groups is 2. The van der Waals surface area contributed by atoms with Gasteiger partial charge in [-0.15, -0.1) is 0 Å². The minimum atomic E-state index is -0.757. The molecule has 2 rings (SSSR count). The van der Waals surface area contributed by atoms with E-state index in [1.807, 2.05) is 4.90 Å². The smallest absolute Gasteiger partial charge is 0.303 e. The molecule has 1 amide bonds. The first-order valence-corrected chi connectivity index (χ1v) is 7.23. The van der Waals surface area contributed by atoms with Gasteiger partial charge in [0.15, 0.2) is 0 Å². The van der Waals surface area contributed by atoms with Crippen molar-refractivity contribution < 1.29 is 14.7 Å². The Bertz CT molecular complexity index is 351. The molecular weight excluding hydrogens is 244 g/mol. The van der Waals surface area contributed by atoms with Crippen molar-refractivity contribution in [1.29, 1.82) is 0 Å². The van der Waals surface area contributed by atoms with E-state index in [9.17, 15) is 9.59 Å². The third-order valence-corrected chi connectivity index (χ3v) is 4.49. The van der Waals surface area contributed by atoms with E-state index in [-0.39, 0.29) is 23.7 Å². The van der Waals surface area contributed by atoms with Crippen LogP contribution in [-0.4, -0.2) is 48.1 Å². The molecule has 2 saturated heterocycles. The Morgan fingerprint density at radius 3 is 2.68 bits per heavy atom. The third kappa shape index (κ3) is 3.47. The molecule has 1 atom stereocenters. The standard InChI is InChI=1S/C14H24N2O3/c1-14(4-6-15-7-5-14)13(19)16-8-2-3-11(10-16)9-12(17)18/h11,15H,2-10H2,1H3,(H,17,18). The van der Waals surface area contributed by atoms with Crippen LogP contribution in [0.25, 0.3) is 0 Å². The topological polar surface area (TPSA) is 69.6 Å². The summed E-state index contributed by atoms with van der Waals surface area (Å²) in [7, 11) is 0. The molecule has 0 radical (unpaired) electrons. The van der Waals surface area contributed by atoms with Crippen LogP contribution >= 0.6 is 0 Å². The molecule has 0 spiro atoms. The maximum absolute atomic E-state index is 12.7. The maximum Gasteiger partial charge on any atom is 0.303 e. The zero-order valence-electron chi connectivity index (χ0n) is 11.7. The Morgan fingerprint density at radius 1 is 1.37 bits per heavy atom. The monoisotopic (exact) mass is 268 g/mol. The molecule has 2 aliphatic heterocycles. The summed E-state index contributed by atoms with van der Waals surface area (Å²) < 4.78 is 0. The summed E-state index contributed by atoms with van der Waals surface area (Å²) >= 11 is 0. The average molecular weight is 268 g/mol. The number of rotatable bonds is 3. The Balaban J connectivity index is 1.96. The normalized spacial score (nSPS) is 27.0. The molecule has 0 saturated carbocycles. The molecular formula is C14H24N2O3. The minimum absolute atomic E-state index is 0.125. The van der Waals surface area contributed by atoms with Crippen molar-refractivity contribution in [1.82, 2.24) is 10.2 Å². The lowest BCUT2D eigenvalue weighted by molar-refractivity contribution is -0.146. The van der Waals surface area contributed by atoms with Crippen LogP contribution in [0.2, 0.25) is 0 Å². The highest BCUT2D eigenvalue weighted by Gasteiger charge is 2.39. The van der Waals surface area contributed by atoms with Gasteiger partial charge in [0.05, 0.1) is 0 Å². The summed E-state index contributed by atoms with van der Waals surface area (Å²) in [6.45, 7) is 5.26. The molecule has 0 aromatic heterocycles. The van der Waals surface area contributed by atoms with Crippen LogP contribution in [0.1, 0.15) is 39.0 Å². The van der Waals surface area contributed by atoms with E-state index in [2.05, 4.69) is 12.2 Å². The number of nitrogens with zero attached hydrogens (tertiary/aromatic N) is 1. The van der Waals surface area contributed by atoms with Gasteiger partial charge in [0.1, 0.15) is 0 Å². The van der Waals surface area contributed by atoms with Gasteiger partial charge in [0.25, 0.3) is 0 Å². The molecule has 2 heterocycles. The summed E-state index contributed by atoms with van der Waals surface area (Å²) in [5, 5.41) is 12.2. The van der Waals surface area contributed by atoms with E-state index >= 15 is 0 Å². The molecule has 19 heavy (non-hydrogen) atoms. The predicted molar refractivity (Wildman–Crippen MR) is 71.8 cm³/mol. The molecule has 0 bridgehead atoms. The Morgan fingerprint density at radius 2 is 2.05 bits per heavy atom. The first-order valence-electron chi connectivity index (χ1n) is 7.23. The number of aliphatic carboxylic acids is 1. The molecule has 2 fully saturated rings. The van der Waals surface area contributed by atoms with E-state index in [4.69, 9.17) is 5.11 Å². The Hall–Kier alpha value is -1.10. The van der Waals surface area contributed by atoms with Crippen molar-refractivity contribution in [3.8, 4) is 0 Å². The van der Waals surface area contributed by atoms with Crippen LogP contribution < -0.4 is 5.32 Å². The SMILES string of the molecule is CC1(C(=O)N2CCCC(CC(=O)O)C2)CCNCC1. The van der Waals surface area contributed by atoms with Gasteiger partial charge in [-0.05, 0) is 44.7 Å². The highest BCUT2D eigenvalue weighted by atomic mass is 16.4. The van der Waals surface area contributed by atoms with E-state index in [1.54, 1.807) is 0 Å². The maximum atomic E-state index is 12.7. The number of carbonyl (C=O) groups excluding carboxylic acids is 1. The van der Waals surface area contributed by atoms with Crippen molar-refractivity contribution in [3.05, 3.63) is 0 Å². The second-order valence-electron chi connectivity index (χ2n) is 6.17. The fraction of sp³-hybridized carbons (Fsp3) is 0.857. The first kappa shape index (κ1) is 14.3. The van der Waals surface area contributed by atoms with Gasteiger partial charge >= 0.3 is 5.97 Å². The fourth-order valence-corrected chi connectivity index (χ4v) is 3.24. The van der Waals surface area contributed by atoms with Crippen molar-refractivity contribution in [2.24, 2.45) is 11.3 Å². The van der Waals surface area contributed by atoms with E-state index in [1.165, 1.54) is 0 Å². The van der Waals surface area contributed by atoms with E-state index < -0.39 is 5.97 Å². The highest BCUT2D eigenvalue weighted by molar-refractivity contribution is 5.82. The van der Waals surface area contributed by atoms with Crippen molar-refractivity contribution in [3.63, 3.8) is 0 Å². The number of carboxylic acid groups (broad SMARTS) is 1. The van der Waals surface area contributed by atoms with Crippen molar-refractivity contribution >= 4 is 11.9 Å². The zero-order chi connectivity index (χ0) is 13.9. The van der Waals surface area contributed by atoms with Crippen LogP contribution in [0.5, 0.6) is 0 Å². The lowest BCUT2D eigenvalue weighted by Crippen LogP contribution is -2.50. The largest absolute Gasteiger partial charge is 0.481 e. The fourth-order valence-electron chi connectivity index (χ4n) is 3.24. The number of nitrogens with one attached hydrogen (secondary N) is 1. The van der Waals surface area contributed by atoms with Crippen LogP contribution in [0, 0.1) is 11.3 Å². The van der Waals surface area contributed by atoms with Gasteiger partial charge < -0.3 is 15.3 Å². The lowest BCUT2D eigenvalue weighted by Gasteiger charge is -2.40.